The highest BCUT2D eigenvalue weighted by Crippen LogP contribution is 2.32. The van der Waals surface area contributed by atoms with E-state index in [-0.39, 0.29) is 11.9 Å². The summed E-state index contributed by atoms with van der Waals surface area (Å²) >= 11 is 0. The second-order valence-electron chi connectivity index (χ2n) is 5.91. The number of pyridine rings is 1. The zero-order valence-electron chi connectivity index (χ0n) is 13.4. The summed E-state index contributed by atoms with van der Waals surface area (Å²) in [5.74, 6) is 0.0697. The van der Waals surface area contributed by atoms with Gasteiger partial charge in [0.25, 0.3) is 5.91 Å². The Kier molecular flexibility index (Phi) is 5.03. The number of benzene rings is 1. The van der Waals surface area contributed by atoms with Gasteiger partial charge in [-0.1, -0.05) is 30.3 Å². The summed E-state index contributed by atoms with van der Waals surface area (Å²) in [5.41, 5.74) is 2.24. The minimum absolute atomic E-state index is 0.0697. The number of nitrogens with zero attached hydrogens (tertiary/aromatic N) is 2. The van der Waals surface area contributed by atoms with E-state index in [4.69, 9.17) is 4.74 Å². The van der Waals surface area contributed by atoms with Crippen molar-refractivity contribution < 1.29 is 9.53 Å². The average molecular weight is 310 g/mol. The Hall–Kier alpha value is -2.20. The topological polar surface area (TPSA) is 42.4 Å². The summed E-state index contributed by atoms with van der Waals surface area (Å²) in [6.45, 7) is 3.10. The SMILES string of the molecule is CC(OCc1ccccc1)C(=O)N1CCCC1c1ccncc1. The van der Waals surface area contributed by atoms with E-state index < -0.39 is 6.10 Å². The van der Waals surface area contributed by atoms with Crippen LogP contribution in [0.1, 0.15) is 36.9 Å². The molecule has 4 nitrogen and oxygen atoms in total. The third kappa shape index (κ3) is 3.77. The van der Waals surface area contributed by atoms with Gasteiger partial charge in [-0.2, -0.15) is 0 Å². The first-order chi connectivity index (χ1) is 11.3. The molecule has 0 N–H and O–H groups in total. The van der Waals surface area contributed by atoms with Crippen LogP contribution in [-0.4, -0.2) is 28.4 Å². The lowest BCUT2D eigenvalue weighted by atomic mass is 10.1. The number of hydrogen-bond acceptors (Lipinski definition) is 3. The van der Waals surface area contributed by atoms with E-state index in [1.807, 2.05) is 54.3 Å². The number of carbonyl (C=O) groups is 1. The minimum Gasteiger partial charge on any atom is -0.364 e. The maximum Gasteiger partial charge on any atom is 0.251 e. The number of ether oxygens (including phenoxy) is 1. The van der Waals surface area contributed by atoms with Crippen LogP contribution >= 0.6 is 0 Å². The van der Waals surface area contributed by atoms with Crippen molar-refractivity contribution in [1.29, 1.82) is 0 Å². The van der Waals surface area contributed by atoms with Crippen molar-refractivity contribution >= 4 is 5.91 Å². The summed E-state index contributed by atoms with van der Waals surface area (Å²) < 4.78 is 5.78. The van der Waals surface area contributed by atoms with Crippen LogP contribution < -0.4 is 0 Å². The Morgan fingerprint density at radius 2 is 2.00 bits per heavy atom. The van der Waals surface area contributed by atoms with E-state index in [1.165, 1.54) is 0 Å². The predicted octanol–water partition coefficient (Wildman–Crippen LogP) is 3.35. The van der Waals surface area contributed by atoms with Crippen molar-refractivity contribution in [3.05, 3.63) is 66.0 Å². The molecule has 1 aromatic carbocycles. The van der Waals surface area contributed by atoms with Crippen LogP contribution in [0.2, 0.25) is 0 Å². The first kappa shape index (κ1) is 15.7. The van der Waals surface area contributed by atoms with Crippen molar-refractivity contribution in [2.75, 3.05) is 6.54 Å². The molecule has 23 heavy (non-hydrogen) atoms. The lowest BCUT2D eigenvalue weighted by molar-refractivity contribution is -0.144. The summed E-state index contributed by atoms with van der Waals surface area (Å²) in [5, 5.41) is 0. The van der Waals surface area contributed by atoms with Gasteiger partial charge in [-0.05, 0) is 43.0 Å². The maximum absolute atomic E-state index is 12.7. The molecule has 120 valence electrons. The Bertz CT molecular complexity index is 630. The van der Waals surface area contributed by atoms with Gasteiger partial charge in [0.05, 0.1) is 12.6 Å². The number of hydrogen-bond donors (Lipinski definition) is 0. The van der Waals surface area contributed by atoms with Gasteiger partial charge >= 0.3 is 0 Å². The highest BCUT2D eigenvalue weighted by Gasteiger charge is 2.32. The first-order valence-corrected chi connectivity index (χ1v) is 8.11. The van der Waals surface area contributed by atoms with E-state index in [0.29, 0.717) is 6.61 Å². The van der Waals surface area contributed by atoms with E-state index in [0.717, 1.165) is 30.5 Å². The summed E-state index contributed by atoms with van der Waals surface area (Å²) in [6.07, 6.45) is 5.17. The highest BCUT2D eigenvalue weighted by atomic mass is 16.5. The van der Waals surface area contributed by atoms with E-state index >= 15 is 0 Å². The summed E-state index contributed by atoms with van der Waals surface area (Å²) in [4.78, 5) is 18.7. The third-order valence-electron chi connectivity index (χ3n) is 4.32. The number of aromatic nitrogens is 1. The highest BCUT2D eigenvalue weighted by molar-refractivity contribution is 5.81. The molecule has 1 amide bonds. The summed E-state index contributed by atoms with van der Waals surface area (Å²) in [6, 6.07) is 14.1. The molecular weight excluding hydrogens is 288 g/mol. The zero-order chi connectivity index (χ0) is 16.1. The van der Waals surface area contributed by atoms with Gasteiger partial charge in [0.1, 0.15) is 6.10 Å². The molecule has 1 saturated heterocycles. The Labute approximate surface area is 137 Å². The second-order valence-corrected chi connectivity index (χ2v) is 5.91. The molecule has 0 bridgehead atoms. The predicted molar refractivity (Wildman–Crippen MR) is 88.6 cm³/mol. The molecular formula is C19H22N2O2. The monoisotopic (exact) mass is 310 g/mol. The van der Waals surface area contributed by atoms with Crippen LogP contribution in [0, 0.1) is 0 Å². The Balaban J connectivity index is 1.62. The molecule has 1 aliphatic heterocycles. The van der Waals surface area contributed by atoms with Crippen LogP contribution in [0.5, 0.6) is 0 Å². The lowest BCUT2D eigenvalue weighted by Gasteiger charge is -2.27. The van der Waals surface area contributed by atoms with Gasteiger partial charge < -0.3 is 9.64 Å². The van der Waals surface area contributed by atoms with Crippen molar-refractivity contribution in [2.45, 2.75) is 38.5 Å². The molecule has 0 spiro atoms. The molecule has 2 atom stereocenters. The lowest BCUT2D eigenvalue weighted by Crippen LogP contribution is -2.38. The largest absolute Gasteiger partial charge is 0.364 e. The fourth-order valence-corrected chi connectivity index (χ4v) is 3.06. The van der Waals surface area contributed by atoms with Gasteiger partial charge in [0.15, 0.2) is 0 Å². The van der Waals surface area contributed by atoms with E-state index in [9.17, 15) is 4.79 Å². The molecule has 2 unspecified atom stereocenters. The molecule has 1 fully saturated rings. The molecule has 2 aromatic rings. The molecule has 2 heterocycles. The molecule has 0 radical (unpaired) electrons. The second kappa shape index (κ2) is 7.38. The molecule has 3 rings (SSSR count). The molecule has 1 aliphatic rings. The average Bonchev–Trinajstić information content (AvgIpc) is 3.10. The van der Waals surface area contributed by atoms with Crippen molar-refractivity contribution in [1.82, 2.24) is 9.88 Å². The van der Waals surface area contributed by atoms with Crippen LogP contribution in [0.4, 0.5) is 0 Å². The number of likely N-dealkylation sites (tertiary alicyclic amines) is 1. The smallest absolute Gasteiger partial charge is 0.251 e. The fraction of sp³-hybridized carbons (Fsp3) is 0.368. The number of carbonyl (C=O) groups excluding carboxylic acids is 1. The molecule has 4 heteroatoms. The van der Waals surface area contributed by atoms with E-state index in [2.05, 4.69) is 4.98 Å². The van der Waals surface area contributed by atoms with Crippen molar-refractivity contribution in [3.63, 3.8) is 0 Å². The van der Waals surface area contributed by atoms with Crippen LogP contribution in [-0.2, 0) is 16.1 Å². The molecule has 0 saturated carbocycles. The van der Waals surface area contributed by atoms with Gasteiger partial charge in [0, 0.05) is 18.9 Å². The normalized spacial score (nSPS) is 18.8. The third-order valence-corrected chi connectivity index (χ3v) is 4.32. The summed E-state index contributed by atoms with van der Waals surface area (Å²) in [7, 11) is 0. The Morgan fingerprint density at radius 3 is 2.74 bits per heavy atom. The van der Waals surface area contributed by atoms with Crippen LogP contribution in [0.25, 0.3) is 0 Å². The quantitative estimate of drug-likeness (QED) is 0.850. The number of amides is 1. The van der Waals surface area contributed by atoms with E-state index in [1.54, 1.807) is 12.4 Å². The van der Waals surface area contributed by atoms with Crippen molar-refractivity contribution in [2.24, 2.45) is 0 Å². The fourth-order valence-electron chi connectivity index (χ4n) is 3.06. The van der Waals surface area contributed by atoms with Crippen LogP contribution in [0.15, 0.2) is 54.9 Å². The zero-order valence-corrected chi connectivity index (χ0v) is 13.4. The first-order valence-electron chi connectivity index (χ1n) is 8.11. The minimum atomic E-state index is -0.433. The molecule has 0 aliphatic carbocycles. The van der Waals surface area contributed by atoms with Crippen LogP contribution in [0.3, 0.4) is 0 Å². The Morgan fingerprint density at radius 1 is 1.26 bits per heavy atom. The van der Waals surface area contributed by atoms with Gasteiger partial charge in [0.2, 0.25) is 0 Å². The van der Waals surface area contributed by atoms with Gasteiger partial charge in [-0.25, -0.2) is 0 Å². The number of rotatable bonds is 5. The maximum atomic E-state index is 12.7. The van der Waals surface area contributed by atoms with Crippen molar-refractivity contribution in [3.8, 4) is 0 Å². The van der Waals surface area contributed by atoms with Gasteiger partial charge in [-0.3, -0.25) is 9.78 Å². The van der Waals surface area contributed by atoms with Gasteiger partial charge in [-0.15, -0.1) is 0 Å². The molecule has 1 aromatic heterocycles. The standard InChI is InChI=1S/C19H22N2O2/c1-15(23-14-16-6-3-2-4-7-16)19(22)21-13-5-8-18(21)17-9-11-20-12-10-17/h2-4,6-7,9-12,15,18H,5,8,13-14H2,1H3.